The largest absolute Gasteiger partial charge is 0.392 e. The molecule has 1 aliphatic heterocycles. The molecule has 1 aromatic carbocycles. The fourth-order valence-corrected chi connectivity index (χ4v) is 2.61. The maximum absolute atomic E-state index is 12.5. The summed E-state index contributed by atoms with van der Waals surface area (Å²) in [7, 11) is 3.55. The Morgan fingerprint density at radius 2 is 2.05 bits per heavy atom. The van der Waals surface area contributed by atoms with E-state index in [1.807, 2.05) is 30.3 Å². The van der Waals surface area contributed by atoms with Gasteiger partial charge in [0.05, 0.1) is 6.10 Å². The van der Waals surface area contributed by atoms with Gasteiger partial charge in [-0.1, -0.05) is 30.3 Å². The topological polar surface area (TPSA) is 43.8 Å². The van der Waals surface area contributed by atoms with Crippen molar-refractivity contribution in [1.82, 2.24) is 9.80 Å². The predicted molar refractivity (Wildman–Crippen MR) is 74.7 cm³/mol. The maximum atomic E-state index is 12.5. The molecule has 0 bridgehead atoms. The molecule has 1 amide bonds. The molecule has 0 saturated carbocycles. The van der Waals surface area contributed by atoms with E-state index >= 15 is 0 Å². The van der Waals surface area contributed by atoms with E-state index in [1.54, 1.807) is 19.0 Å². The van der Waals surface area contributed by atoms with Gasteiger partial charge in [-0.05, 0) is 24.9 Å². The molecule has 1 aromatic rings. The second-order valence-corrected chi connectivity index (χ2v) is 5.34. The first kappa shape index (κ1) is 14.0. The van der Waals surface area contributed by atoms with Gasteiger partial charge in [0.25, 0.3) is 0 Å². The van der Waals surface area contributed by atoms with Gasteiger partial charge >= 0.3 is 0 Å². The molecule has 1 saturated heterocycles. The van der Waals surface area contributed by atoms with E-state index in [0.717, 1.165) is 24.9 Å². The number of piperidine rings is 1. The highest BCUT2D eigenvalue weighted by atomic mass is 16.3. The number of carbonyl (C=O) groups is 1. The molecule has 0 radical (unpaired) electrons. The zero-order chi connectivity index (χ0) is 13.8. The first-order valence-electron chi connectivity index (χ1n) is 6.78. The molecule has 19 heavy (non-hydrogen) atoms. The Morgan fingerprint density at radius 1 is 1.37 bits per heavy atom. The number of carbonyl (C=O) groups excluding carboxylic acids is 1. The van der Waals surface area contributed by atoms with Crippen LogP contribution in [-0.4, -0.2) is 54.1 Å². The number of benzene rings is 1. The average molecular weight is 262 g/mol. The third-order valence-corrected chi connectivity index (χ3v) is 3.58. The van der Waals surface area contributed by atoms with E-state index in [9.17, 15) is 9.90 Å². The highest BCUT2D eigenvalue weighted by Gasteiger charge is 2.31. The Morgan fingerprint density at radius 3 is 2.63 bits per heavy atom. The first-order valence-corrected chi connectivity index (χ1v) is 6.78. The number of likely N-dealkylation sites (N-methyl/N-ethyl adjacent to an activating group) is 1. The van der Waals surface area contributed by atoms with Crippen molar-refractivity contribution in [2.24, 2.45) is 0 Å². The Balaban J connectivity index is 2.26. The number of rotatable bonds is 3. The van der Waals surface area contributed by atoms with E-state index in [1.165, 1.54) is 0 Å². The van der Waals surface area contributed by atoms with E-state index in [2.05, 4.69) is 4.90 Å². The number of nitrogens with zero attached hydrogens (tertiary/aromatic N) is 2. The molecule has 1 N–H and O–H groups in total. The van der Waals surface area contributed by atoms with E-state index in [4.69, 9.17) is 0 Å². The summed E-state index contributed by atoms with van der Waals surface area (Å²) in [4.78, 5) is 16.2. The highest BCUT2D eigenvalue weighted by Crippen LogP contribution is 2.26. The summed E-state index contributed by atoms with van der Waals surface area (Å²) in [5.74, 6) is 0.0697. The predicted octanol–water partition coefficient (Wildman–Crippen LogP) is 1.27. The van der Waals surface area contributed by atoms with Gasteiger partial charge < -0.3 is 10.0 Å². The normalized spacial score (nSPS) is 21.9. The molecule has 4 nitrogen and oxygen atoms in total. The van der Waals surface area contributed by atoms with Crippen LogP contribution >= 0.6 is 0 Å². The first-order chi connectivity index (χ1) is 9.09. The summed E-state index contributed by atoms with van der Waals surface area (Å²) in [5.41, 5.74) is 0.996. The molecular formula is C15H22N2O2. The molecule has 104 valence electrons. The van der Waals surface area contributed by atoms with Crippen LogP contribution in [0.4, 0.5) is 0 Å². The minimum atomic E-state index is -0.324. The monoisotopic (exact) mass is 262 g/mol. The number of amides is 1. The van der Waals surface area contributed by atoms with E-state index in [0.29, 0.717) is 6.54 Å². The van der Waals surface area contributed by atoms with Crippen LogP contribution in [-0.2, 0) is 4.79 Å². The van der Waals surface area contributed by atoms with Crippen LogP contribution < -0.4 is 0 Å². The second-order valence-electron chi connectivity index (χ2n) is 5.34. The minimum absolute atomic E-state index is 0.0697. The van der Waals surface area contributed by atoms with Crippen LogP contribution in [0.1, 0.15) is 24.4 Å². The number of aliphatic hydroxyl groups is 1. The molecule has 0 aliphatic carbocycles. The number of β-amino-alcohol motifs (C(OH)–C–C–N with tert-alkyl or cyclic N) is 1. The van der Waals surface area contributed by atoms with Gasteiger partial charge in [0, 0.05) is 20.6 Å². The van der Waals surface area contributed by atoms with Crippen LogP contribution in [0.2, 0.25) is 0 Å². The maximum Gasteiger partial charge on any atom is 0.244 e. The van der Waals surface area contributed by atoms with Gasteiger partial charge in [-0.2, -0.15) is 0 Å². The molecule has 1 heterocycles. The molecule has 2 atom stereocenters. The fraction of sp³-hybridized carbons (Fsp3) is 0.533. The third kappa shape index (κ3) is 3.33. The zero-order valence-electron chi connectivity index (χ0n) is 11.6. The van der Waals surface area contributed by atoms with Crippen molar-refractivity contribution in [1.29, 1.82) is 0 Å². The van der Waals surface area contributed by atoms with E-state index < -0.39 is 0 Å². The zero-order valence-corrected chi connectivity index (χ0v) is 11.6. The van der Waals surface area contributed by atoms with Crippen molar-refractivity contribution < 1.29 is 9.90 Å². The molecule has 4 heteroatoms. The van der Waals surface area contributed by atoms with Gasteiger partial charge in [-0.15, -0.1) is 0 Å². The van der Waals surface area contributed by atoms with Gasteiger partial charge in [0.1, 0.15) is 6.04 Å². The average Bonchev–Trinajstić information content (AvgIpc) is 2.40. The standard InChI is InChI=1S/C15H22N2O2/c1-16(2)15(19)14(12-7-4-3-5-8-12)17-10-6-9-13(18)11-17/h3-5,7-8,13-14,18H,6,9-11H2,1-2H3. The van der Waals surface area contributed by atoms with Crippen LogP contribution in [0.15, 0.2) is 30.3 Å². The van der Waals surface area contributed by atoms with Crippen molar-refractivity contribution in [3.63, 3.8) is 0 Å². The molecule has 1 fully saturated rings. The smallest absolute Gasteiger partial charge is 0.244 e. The summed E-state index contributed by atoms with van der Waals surface area (Å²) in [6.45, 7) is 1.43. The van der Waals surface area contributed by atoms with Crippen LogP contribution in [0, 0.1) is 0 Å². The van der Waals surface area contributed by atoms with Crippen LogP contribution in [0.3, 0.4) is 0 Å². The number of likely N-dealkylation sites (tertiary alicyclic amines) is 1. The summed E-state index contributed by atoms with van der Waals surface area (Å²) in [5, 5.41) is 9.83. The highest BCUT2D eigenvalue weighted by molar-refractivity contribution is 5.82. The number of aliphatic hydroxyl groups excluding tert-OH is 1. The van der Waals surface area contributed by atoms with Crippen molar-refractivity contribution in [3.8, 4) is 0 Å². The van der Waals surface area contributed by atoms with Gasteiger partial charge in [-0.25, -0.2) is 0 Å². The Bertz CT molecular complexity index is 419. The quantitative estimate of drug-likeness (QED) is 0.892. The molecule has 1 aliphatic rings. The van der Waals surface area contributed by atoms with E-state index in [-0.39, 0.29) is 18.1 Å². The summed E-state index contributed by atoms with van der Waals surface area (Å²) in [6, 6.07) is 9.52. The lowest BCUT2D eigenvalue weighted by Crippen LogP contribution is -2.46. The number of hydrogen-bond donors (Lipinski definition) is 1. The van der Waals surface area contributed by atoms with Gasteiger partial charge in [0.15, 0.2) is 0 Å². The molecular weight excluding hydrogens is 240 g/mol. The summed E-state index contributed by atoms with van der Waals surface area (Å²) >= 11 is 0. The van der Waals surface area contributed by atoms with Crippen LogP contribution in [0.25, 0.3) is 0 Å². The Hall–Kier alpha value is -1.39. The Kier molecular flexibility index (Phi) is 4.56. The fourth-order valence-electron chi connectivity index (χ4n) is 2.61. The number of hydrogen-bond acceptors (Lipinski definition) is 3. The lowest BCUT2D eigenvalue weighted by atomic mass is 9.99. The summed E-state index contributed by atoms with van der Waals surface area (Å²) < 4.78 is 0. The van der Waals surface area contributed by atoms with Crippen molar-refractivity contribution in [2.45, 2.75) is 25.0 Å². The summed E-state index contributed by atoms with van der Waals surface area (Å²) in [6.07, 6.45) is 1.44. The van der Waals surface area contributed by atoms with Crippen LogP contribution in [0.5, 0.6) is 0 Å². The van der Waals surface area contributed by atoms with Crippen molar-refractivity contribution >= 4 is 5.91 Å². The second kappa shape index (κ2) is 6.17. The molecule has 0 aromatic heterocycles. The Labute approximate surface area is 114 Å². The molecule has 0 spiro atoms. The van der Waals surface area contributed by atoms with Crippen molar-refractivity contribution in [2.75, 3.05) is 27.2 Å². The van der Waals surface area contributed by atoms with Crippen molar-refractivity contribution in [3.05, 3.63) is 35.9 Å². The van der Waals surface area contributed by atoms with Gasteiger partial charge in [0.2, 0.25) is 5.91 Å². The van der Waals surface area contributed by atoms with Gasteiger partial charge in [-0.3, -0.25) is 9.69 Å². The minimum Gasteiger partial charge on any atom is -0.392 e. The molecule has 2 unspecified atom stereocenters. The SMILES string of the molecule is CN(C)C(=O)C(c1ccccc1)N1CCCC(O)C1. The molecule has 2 rings (SSSR count). The lowest BCUT2D eigenvalue weighted by molar-refractivity contribution is -0.136. The third-order valence-electron chi connectivity index (χ3n) is 3.58. The lowest BCUT2D eigenvalue weighted by Gasteiger charge is -2.37.